The van der Waals surface area contributed by atoms with Crippen LogP contribution in [0.25, 0.3) is 11.1 Å². The third-order valence-corrected chi connectivity index (χ3v) is 6.75. The highest BCUT2D eigenvalue weighted by molar-refractivity contribution is 7.88. The van der Waals surface area contributed by atoms with Crippen molar-refractivity contribution in [2.75, 3.05) is 19.4 Å². The van der Waals surface area contributed by atoms with E-state index in [0.29, 0.717) is 25.1 Å². The van der Waals surface area contributed by atoms with Crippen molar-refractivity contribution >= 4 is 15.9 Å². The molecule has 31 heavy (non-hydrogen) atoms. The van der Waals surface area contributed by atoms with Gasteiger partial charge in [0.1, 0.15) is 5.75 Å². The van der Waals surface area contributed by atoms with E-state index in [9.17, 15) is 13.2 Å². The van der Waals surface area contributed by atoms with Crippen LogP contribution in [0, 0.1) is 0 Å². The number of benzene rings is 2. The summed E-state index contributed by atoms with van der Waals surface area (Å²) in [5.41, 5.74) is 0.681. The maximum absolute atomic E-state index is 15.5. The molecule has 0 aromatic heterocycles. The lowest BCUT2D eigenvalue weighted by molar-refractivity contribution is -0.144. The van der Waals surface area contributed by atoms with Crippen LogP contribution in [-0.4, -0.2) is 56.4 Å². The number of fused-ring (bicyclic) bond motifs is 5. The molecule has 2 aromatic carbocycles. The second-order valence-electron chi connectivity index (χ2n) is 8.55. The van der Waals surface area contributed by atoms with Gasteiger partial charge in [0.05, 0.1) is 18.9 Å². The molecule has 3 unspecified atom stereocenters. The molecule has 2 heterocycles. The summed E-state index contributed by atoms with van der Waals surface area (Å²) in [6, 6.07) is 14.5. The summed E-state index contributed by atoms with van der Waals surface area (Å²) in [4.78, 5) is 14.7. The predicted octanol–water partition coefficient (Wildman–Crippen LogP) is 2.93. The number of nitrogens with one attached hydrogen (secondary N) is 1. The molecule has 2 aromatic rings. The van der Waals surface area contributed by atoms with E-state index in [0.717, 1.165) is 22.9 Å². The van der Waals surface area contributed by atoms with E-state index in [1.807, 2.05) is 48.5 Å². The van der Waals surface area contributed by atoms with Crippen molar-refractivity contribution in [3.05, 3.63) is 54.1 Å². The van der Waals surface area contributed by atoms with E-state index in [2.05, 4.69) is 4.72 Å². The Hall–Kier alpha value is -2.45. The first-order valence-corrected chi connectivity index (χ1v) is 12.3. The number of carbonyl (C=O) groups is 1. The second kappa shape index (κ2) is 8.24. The molecule has 8 heteroatoms. The van der Waals surface area contributed by atoms with Gasteiger partial charge in [0.25, 0.3) is 5.91 Å². The summed E-state index contributed by atoms with van der Waals surface area (Å²) in [6.45, 7) is 1.63. The molecule has 2 bridgehead atoms. The summed E-state index contributed by atoms with van der Waals surface area (Å²) in [5, 5.41) is 0. The van der Waals surface area contributed by atoms with Gasteiger partial charge in [-0.05, 0) is 37.0 Å². The van der Waals surface area contributed by atoms with Crippen LogP contribution in [0.4, 0.5) is 4.39 Å². The Kier molecular flexibility index (Phi) is 5.79. The molecular weight excluding hydrogens is 419 g/mol. The van der Waals surface area contributed by atoms with Gasteiger partial charge < -0.3 is 9.64 Å². The van der Waals surface area contributed by atoms with Crippen LogP contribution in [0.15, 0.2) is 48.5 Å². The Balaban J connectivity index is 1.78. The second-order valence-corrected chi connectivity index (χ2v) is 10.3. The van der Waals surface area contributed by atoms with E-state index in [4.69, 9.17) is 4.74 Å². The lowest BCUT2D eigenvalue weighted by Crippen LogP contribution is -2.52. The highest BCUT2D eigenvalue weighted by atomic mass is 32.2. The molecule has 2 aliphatic heterocycles. The van der Waals surface area contributed by atoms with E-state index in [1.165, 1.54) is 11.8 Å². The molecule has 3 atom stereocenters. The number of halogens is 1. The third-order valence-electron chi connectivity index (χ3n) is 6.02. The Morgan fingerprint density at radius 1 is 1.19 bits per heavy atom. The summed E-state index contributed by atoms with van der Waals surface area (Å²) in [5.74, 6) is 0.0156. The zero-order valence-electron chi connectivity index (χ0n) is 17.7. The normalized spacial score (nSPS) is 26.7. The molecule has 1 amide bonds. The van der Waals surface area contributed by atoms with Gasteiger partial charge in [0.15, 0.2) is 5.67 Å². The summed E-state index contributed by atoms with van der Waals surface area (Å²) in [6.07, 6.45) is 1.88. The van der Waals surface area contributed by atoms with E-state index in [-0.39, 0.29) is 13.0 Å². The smallest absolute Gasteiger partial charge is 0.260 e. The number of nitrogens with zero attached hydrogens (tertiary/aromatic N) is 1. The topological polar surface area (TPSA) is 75.7 Å². The van der Waals surface area contributed by atoms with Gasteiger partial charge in [-0.15, -0.1) is 0 Å². The summed E-state index contributed by atoms with van der Waals surface area (Å²) >= 11 is 0. The standard InChI is InChI=1S/C23H27FN2O4S/c1-23(24)11-13-30-21-9-4-3-8-18(21)17-7-5-6-16(14-17)15-20-19(25-31(2,28)29)10-12-26(20)22(23)27/h3-9,14,19-20,25H,10-13,15H2,1-2H3. The van der Waals surface area contributed by atoms with Gasteiger partial charge in [0, 0.05) is 24.6 Å². The van der Waals surface area contributed by atoms with Gasteiger partial charge in [-0.2, -0.15) is 0 Å². The number of alkyl halides is 1. The summed E-state index contributed by atoms with van der Waals surface area (Å²) in [7, 11) is -3.47. The average molecular weight is 447 g/mol. The zero-order chi connectivity index (χ0) is 22.2. The van der Waals surface area contributed by atoms with Crippen LogP contribution in [0.5, 0.6) is 5.75 Å². The Morgan fingerprint density at radius 2 is 1.97 bits per heavy atom. The first-order valence-electron chi connectivity index (χ1n) is 10.4. The van der Waals surface area contributed by atoms with E-state index >= 15 is 4.39 Å². The van der Waals surface area contributed by atoms with Crippen molar-refractivity contribution in [1.82, 2.24) is 9.62 Å². The van der Waals surface area contributed by atoms with Gasteiger partial charge in [0.2, 0.25) is 10.0 Å². The van der Waals surface area contributed by atoms with Crippen LogP contribution in [0.2, 0.25) is 0 Å². The predicted molar refractivity (Wildman–Crippen MR) is 117 cm³/mol. The maximum atomic E-state index is 15.5. The van der Waals surface area contributed by atoms with Gasteiger partial charge in [-0.1, -0.05) is 42.5 Å². The van der Waals surface area contributed by atoms with E-state index < -0.39 is 33.7 Å². The lowest BCUT2D eigenvalue weighted by Gasteiger charge is -2.32. The van der Waals surface area contributed by atoms with Gasteiger partial charge in [-0.25, -0.2) is 17.5 Å². The van der Waals surface area contributed by atoms with Crippen LogP contribution < -0.4 is 9.46 Å². The van der Waals surface area contributed by atoms with E-state index in [1.54, 1.807) is 0 Å². The molecular formula is C23H27FN2O4S. The van der Waals surface area contributed by atoms with Gasteiger partial charge >= 0.3 is 0 Å². The van der Waals surface area contributed by atoms with Crippen molar-refractivity contribution < 1.29 is 22.3 Å². The number of carbonyl (C=O) groups excluding carboxylic acids is 1. The van der Waals surface area contributed by atoms with Crippen LogP contribution in [0.1, 0.15) is 25.3 Å². The quantitative estimate of drug-likeness (QED) is 0.770. The maximum Gasteiger partial charge on any atom is 0.260 e. The average Bonchev–Trinajstić information content (AvgIpc) is 3.07. The third kappa shape index (κ3) is 4.75. The van der Waals surface area contributed by atoms with Crippen LogP contribution in [0.3, 0.4) is 0 Å². The fourth-order valence-electron chi connectivity index (χ4n) is 4.47. The SMILES string of the molecule is CC1(F)CCOc2ccccc2-c2cccc(c2)CC2C(NS(C)(=O)=O)CCN2C1=O. The minimum Gasteiger partial charge on any atom is -0.493 e. The van der Waals surface area contributed by atoms with Crippen molar-refractivity contribution in [3.8, 4) is 16.9 Å². The lowest BCUT2D eigenvalue weighted by atomic mass is 9.96. The molecule has 1 N–H and O–H groups in total. The number of hydrogen-bond donors (Lipinski definition) is 1. The molecule has 2 aliphatic rings. The number of sulfonamides is 1. The minimum atomic E-state index is -3.47. The molecule has 4 rings (SSSR count). The molecule has 6 nitrogen and oxygen atoms in total. The number of ether oxygens (including phenoxy) is 1. The molecule has 0 radical (unpaired) electrons. The molecule has 0 spiro atoms. The van der Waals surface area contributed by atoms with Crippen molar-refractivity contribution in [1.29, 1.82) is 0 Å². The molecule has 166 valence electrons. The minimum absolute atomic E-state index is 0.0545. The first-order chi connectivity index (χ1) is 14.6. The largest absolute Gasteiger partial charge is 0.493 e. The number of para-hydroxylation sites is 1. The van der Waals surface area contributed by atoms with Crippen molar-refractivity contribution in [2.45, 2.75) is 43.9 Å². The Bertz CT molecular complexity index is 1090. The van der Waals surface area contributed by atoms with Crippen molar-refractivity contribution in [2.24, 2.45) is 0 Å². The number of amides is 1. The van der Waals surface area contributed by atoms with Crippen molar-refractivity contribution in [3.63, 3.8) is 0 Å². The van der Waals surface area contributed by atoms with Crippen LogP contribution >= 0.6 is 0 Å². The highest BCUT2D eigenvalue weighted by Crippen LogP contribution is 2.34. The Labute approximate surface area is 182 Å². The Morgan fingerprint density at radius 3 is 2.74 bits per heavy atom. The van der Waals surface area contributed by atoms with Crippen LogP contribution in [-0.2, 0) is 21.2 Å². The number of hydrogen-bond acceptors (Lipinski definition) is 4. The first kappa shape index (κ1) is 21.8. The molecule has 1 fully saturated rings. The molecule has 0 saturated carbocycles. The number of rotatable bonds is 2. The summed E-state index contributed by atoms with van der Waals surface area (Å²) < 4.78 is 47.8. The monoisotopic (exact) mass is 446 g/mol. The fourth-order valence-corrected chi connectivity index (χ4v) is 5.29. The molecule has 1 saturated heterocycles. The highest BCUT2D eigenvalue weighted by Gasteiger charge is 2.45. The fraction of sp³-hybridized carbons (Fsp3) is 0.435. The molecule has 0 aliphatic carbocycles. The zero-order valence-corrected chi connectivity index (χ0v) is 18.5. The van der Waals surface area contributed by atoms with Gasteiger partial charge in [-0.3, -0.25) is 4.79 Å².